The first-order chi connectivity index (χ1) is 9.77. The molecular weight excluding hydrogens is 302 g/mol. The maximum atomic E-state index is 13.4. The van der Waals surface area contributed by atoms with Crippen molar-refractivity contribution >= 4 is 21.6 Å². The van der Waals surface area contributed by atoms with Gasteiger partial charge in [-0.1, -0.05) is 0 Å². The molecule has 0 fully saturated rings. The molecule has 0 atom stereocenters. The Morgan fingerprint density at radius 1 is 1.05 bits per heavy atom. The number of carbonyl (C=O) groups excluding carboxylic acids is 1. The predicted octanol–water partition coefficient (Wildman–Crippen LogP) is 1.86. The van der Waals surface area contributed by atoms with Crippen molar-refractivity contribution in [2.45, 2.75) is 4.90 Å². The van der Waals surface area contributed by atoms with E-state index in [-0.39, 0.29) is 16.1 Å². The Hall–Kier alpha value is -2.32. The highest BCUT2D eigenvalue weighted by molar-refractivity contribution is 7.89. The summed E-state index contributed by atoms with van der Waals surface area (Å²) in [6.07, 6.45) is 0. The molecule has 0 aliphatic heterocycles. The van der Waals surface area contributed by atoms with Crippen LogP contribution in [0.4, 0.5) is 14.5 Å². The fourth-order valence-electron chi connectivity index (χ4n) is 1.58. The zero-order valence-electron chi connectivity index (χ0n) is 10.5. The summed E-state index contributed by atoms with van der Waals surface area (Å²) in [4.78, 5) is 11.7. The number of amides is 1. The lowest BCUT2D eigenvalue weighted by molar-refractivity contribution is 0.102. The van der Waals surface area contributed by atoms with Crippen LogP contribution in [0, 0.1) is 11.6 Å². The van der Waals surface area contributed by atoms with Crippen molar-refractivity contribution in [3.8, 4) is 0 Å². The van der Waals surface area contributed by atoms with Gasteiger partial charge in [0.2, 0.25) is 10.0 Å². The van der Waals surface area contributed by atoms with Crippen LogP contribution in [-0.2, 0) is 10.0 Å². The van der Waals surface area contributed by atoms with Crippen LogP contribution in [0.1, 0.15) is 10.4 Å². The minimum absolute atomic E-state index is 0.103. The molecule has 5 nitrogen and oxygen atoms in total. The van der Waals surface area contributed by atoms with Gasteiger partial charge in [-0.15, -0.1) is 0 Å². The van der Waals surface area contributed by atoms with Gasteiger partial charge in [-0.3, -0.25) is 4.79 Å². The van der Waals surface area contributed by atoms with Crippen LogP contribution in [-0.4, -0.2) is 14.3 Å². The number of benzene rings is 2. The number of carbonyl (C=O) groups is 1. The van der Waals surface area contributed by atoms with Crippen LogP contribution in [0.3, 0.4) is 0 Å². The second kappa shape index (κ2) is 5.58. The van der Waals surface area contributed by atoms with Gasteiger partial charge in [-0.25, -0.2) is 22.3 Å². The molecule has 0 heterocycles. The third-order valence-electron chi connectivity index (χ3n) is 2.62. The van der Waals surface area contributed by atoms with E-state index in [1.54, 1.807) is 0 Å². The van der Waals surface area contributed by atoms with Gasteiger partial charge in [0.15, 0.2) is 0 Å². The van der Waals surface area contributed by atoms with Gasteiger partial charge in [-0.2, -0.15) is 0 Å². The van der Waals surface area contributed by atoms with Crippen LogP contribution >= 0.6 is 0 Å². The molecule has 8 heteroatoms. The molecule has 2 aromatic rings. The highest BCUT2D eigenvalue weighted by Gasteiger charge is 2.12. The Morgan fingerprint density at radius 3 is 2.19 bits per heavy atom. The van der Waals surface area contributed by atoms with E-state index in [4.69, 9.17) is 5.14 Å². The van der Waals surface area contributed by atoms with Gasteiger partial charge in [0.05, 0.1) is 10.6 Å². The minimum atomic E-state index is -3.85. The van der Waals surface area contributed by atoms with Crippen molar-refractivity contribution in [3.63, 3.8) is 0 Å². The highest BCUT2D eigenvalue weighted by atomic mass is 32.2. The molecule has 0 aliphatic rings. The third kappa shape index (κ3) is 3.61. The first-order valence-corrected chi connectivity index (χ1v) is 7.21. The van der Waals surface area contributed by atoms with E-state index in [1.165, 1.54) is 12.1 Å². The number of anilines is 1. The fourth-order valence-corrected chi connectivity index (χ4v) is 2.10. The molecule has 2 aromatic carbocycles. The van der Waals surface area contributed by atoms with Crippen LogP contribution in [0.15, 0.2) is 47.4 Å². The molecule has 0 aromatic heterocycles. The summed E-state index contributed by atoms with van der Waals surface area (Å²) in [6.45, 7) is 0. The van der Waals surface area contributed by atoms with Crippen molar-refractivity contribution < 1.29 is 22.0 Å². The molecule has 0 unspecified atom stereocenters. The number of halogens is 2. The Balaban J connectivity index is 2.21. The molecular formula is C13H10F2N2O3S. The molecule has 0 aliphatic carbocycles. The summed E-state index contributed by atoms with van der Waals surface area (Å²) < 4.78 is 48.3. The van der Waals surface area contributed by atoms with E-state index in [9.17, 15) is 22.0 Å². The van der Waals surface area contributed by atoms with Gasteiger partial charge in [-0.05, 0) is 36.4 Å². The lowest BCUT2D eigenvalue weighted by Gasteiger charge is -2.07. The topological polar surface area (TPSA) is 89.3 Å². The van der Waals surface area contributed by atoms with Crippen molar-refractivity contribution in [2.75, 3.05) is 5.32 Å². The van der Waals surface area contributed by atoms with Crippen LogP contribution < -0.4 is 10.5 Å². The molecule has 0 saturated carbocycles. The Labute approximate surface area is 119 Å². The molecule has 0 bridgehead atoms. The van der Waals surface area contributed by atoms with Crippen molar-refractivity contribution in [2.24, 2.45) is 5.14 Å². The Morgan fingerprint density at radius 2 is 1.67 bits per heavy atom. The lowest BCUT2D eigenvalue weighted by Crippen LogP contribution is -2.15. The smallest absolute Gasteiger partial charge is 0.255 e. The number of nitrogens with one attached hydrogen (secondary N) is 1. The number of rotatable bonds is 3. The van der Waals surface area contributed by atoms with Gasteiger partial charge in [0.1, 0.15) is 11.6 Å². The summed E-state index contributed by atoms with van der Waals surface area (Å²) >= 11 is 0. The summed E-state index contributed by atoms with van der Waals surface area (Å²) in [6, 6.07) is 7.51. The zero-order chi connectivity index (χ0) is 15.6. The third-order valence-corrected chi connectivity index (χ3v) is 3.55. The summed E-state index contributed by atoms with van der Waals surface area (Å²) in [5.41, 5.74) is -0.0805. The number of nitrogens with two attached hydrogens (primary N) is 1. The maximum absolute atomic E-state index is 13.4. The number of hydrogen-bond donors (Lipinski definition) is 2. The average Bonchev–Trinajstić information content (AvgIpc) is 2.41. The fraction of sp³-hybridized carbons (Fsp3) is 0. The van der Waals surface area contributed by atoms with Gasteiger partial charge in [0, 0.05) is 11.6 Å². The summed E-state index contributed by atoms with van der Waals surface area (Å²) in [5, 5.41) is 7.18. The second-order valence-corrected chi connectivity index (χ2v) is 5.71. The van der Waals surface area contributed by atoms with E-state index >= 15 is 0 Å². The molecule has 0 saturated heterocycles. The highest BCUT2D eigenvalue weighted by Crippen LogP contribution is 2.16. The quantitative estimate of drug-likeness (QED) is 0.906. The standard InChI is InChI=1S/C13H10F2N2O3S/c14-9-3-6-12(11(15)7-9)17-13(18)8-1-4-10(5-2-8)21(16,19)20/h1-7H,(H,17,18)(H2,16,19,20). The van der Waals surface area contributed by atoms with Crippen LogP contribution in [0.25, 0.3) is 0 Å². The van der Waals surface area contributed by atoms with Crippen molar-refractivity contribution in [1.82, 2.24) is 0 Å². The summed E-state index contributed by atoms with van der Waals surface area (Å²) in [5.74, 6) is -2.34. The monoisotopic (exact) mass is 312 g/mol. The molecule has 21 heavy (non-hydrogen) atoms. The average molecular weight is 312 g/mol. The van der Waals surface area contributed by atoms with Crippen molar-refractivity contribution in [1.29, 1.82) is 0 Å². The Bertz CT molecular complexity index is 790. The Kier molecular flexibility index (Phi) is 4.01. The van der Waals surface area contributed by atoms with E-state index < -0.39 is 27.6 Å². The van der Waals surface area contributed by atoms with Gasteiger partial charge >= 0.3 is 0 Å². The van der Waals surface area contributed by atoms with E-state index in [0.717, 1.165) is 24.3 Å². The van der Waals surface area contributed by atoms with Crippen molar-refractivity contribution in [3.05, 3.63) is 59.7 Å². The second-order valence-electron chi connectivity index (χ2n) is 4.15. The number of hydrogen-bond acceptors (Lipinski definition) is 3. The molecule has 1 amide bonds. The lowest BCUT2D eigenvalue weighted by atomic mass is 10.2. The normalized spacial score (nSPS) is 11.2. The molecule has 0 spiro atoms. The van der Waals surface area contributed by atoms with Crippen LogP contribution in [0.2, 0.25) is 0 Å². The van der Waals surface area contributed by atoms with E-state index in [0.29, 0.717) is 6.07 Å². The number of primary sulfonamides is 1. The zero-order valence-corrected chi connectivity index (χ0v) is 11.3. The number of sulfonamides is 1. The predicted molar refractivity (Wildman–Crippen MR) is 72.1 cm³/mol. The first kappa shape index (κ1) is 15.1. The van der Waals surface area contributed by atoms with Crippen LogP contribution in [0.5, 0.6) is 0 Å². The van der Waals surface area contributed by atoms with Gasteiger partial charge in [0.25, 0.3) is 5.91 Å². The molecule has 2 rings (SSSR count). The van der Waals surface area contributed by atoms with Gasteiger partial charge < -0.3 is 5.32 Å². The largest absolute Gasteiger partial charge is 0.319 e. The molecule has 110 valence electrons. The molecule has 3 N–H and O–H groups in total. The first-order valence-electron chi connectivity index (χ1n) is 5.66. The van der Waals surface area contributed by atoms with E-state index in [2.05, 4.69) is 5.32 Å². The molecule has 0 radical (unpaired) electrons. The minimum Gasteiger partial charge on any atom is -0.319 e. The van der Waals surface area contributed by atoms with E-state index in [1.807, 2.05) is 0 Å². The summed E-state index contributed by atoms with van der Waals surface area (Å²) in [7, 11) is -3.85. The SMILES string of the molecule is NS(=O)(=O)c1ccc(C(=O)Nc2ccc(F)cc2F)cc1. The maximum Gasteiger partial charge on any atom is 0.255 e.